The van der Waals surface area contributed by atoms with Gasteiger partial charge in [0.1, 0.15) is 0 Å². The van der Waals surface area contributed by atoms with Crippen LogP contribution in [-0.4, -0.2) is 89.6 Å². The van der Waals surface area contributed by atoms with Crippen LogP contribution in [0.1, 0.15) is 27.2 Å². The number of nitrogens with one attached hydrogen (secondary N) is 1. The van der Waals surface area contributed by atoms with E-state index in [0.29, 0.717) is 52.6 Å². The Morgan fingerprint density at radius 2 is 1.40 bits per heavy atom. The van der Waals surface area contributed by atoms with E-state index in [4.69, 9.17) is 14.2 Å². The first kappa shape index (κ1) is 25.9. The van der Waals surface area contributed by atoms with E-state index in [1.54, 1.807) is 0 Å². The Balaban J connectivity index is 0. The Kier molecular flexibility index (Phi) is 21.5. The van der Waals surface area contributed by atoms with Gasteiger partial charge < -0.3 is 29.3 Å². The molecule has 0 aliphatic carbocycles. The summed E-state index contributed by atoms with van der Waals surface area (Å²) >= 11 is 0. The van der Waals surface area contributed by atoms with Gasteiger partial charge in [-0.25, -0.2) is 0 Å². The molecular formula is C18H39N3O4. The lowest BCUT2D eigenvalue weighted by Gasteiger charge is -2.15. The van der Waals surface area contributed by atoms with Gasteiger partial charge in [-0.1, -0.05) is 20.8 Å². The molecule has 0 atom stereocenters. The highest BCUT2D eigenvalue weighted by Gasteiger charge is 1.96. The van der Waals surface area contributed by atoms with E-state index in [2.05, 4.69) is 10.2 Å². The van der Waals surface area contributed by atoms with Crippen LogP contribution in [0.4, 0.5) is 0 Å². The lowest BCUT2D eigenvalue weighted by molar-refractivity contribution is -0.121. The lowest BCUT2D eigenvalue weighted by atomic mass is 10.4. The van der Waals surface area contributed by atoms with E-state index in [-0.39, 0.29) is 5.91 Å². The summed E-state index contributed by atoms with van der Waals surface area (Å²) in [6.07, 6.45) is 4.52. The van der Waals surface area contributed by atoms with E-state index < -0.39 is 0 Å². The Morgan fingerprint density at radius 1 is 0.880 bits per heavy atom. The minimum atomic E-state index is 0.0462. The van der Waals surface area contributed by atoms with Crippen molar-refractivity contribution in [3.8, 4) is 0 Å². The molecule has 0 saturated carbocycles. The Labute approximate surface area is 154 Å². The van der Waals surface area contributed by atoms with Gasteiger partial charge in [-0.15, -0.1) is 0 Å². The highest BCUT2D eigenvalue weighted by atomic mass is 16.5. The molecule has 7 heteroatoms. The molecule has 0 aliphatic rings. The highest BCUT2D eigenvalue weighted by molar-refractivity contribution is 5.75. The van der Waals surface area contributed by atoms with Gasteiger partial charge in [0.15, 0.2) is 0 Å². The molecule has 0 unspecified atom stereocenters. The van der Waals surface area contributed by atoms with Crippen molar-refractivity contribution in [2.45, 2.75) is 27.2 Å². The molecule has 1 amide bonds. The maximum absolute atomic E-state index is 11.0. The molecule has 0 aromatic rings. The molecule has 0 heterocycles. The normalized spacial score (nSPS) is 10.3. The van der Waals surface area contributed by atoms with Crippen molar-refractivity contribution < 1.29 is 19.0 Å². The quantitative estimate of drug-likeness (QED) is 0.447. The van der Waals surface area contributed by atoms with Crippen molar-refractivity contribution in [2.75, 3.05) is 73.9 Å². The largest absolute Gasteiger partial charge is 0.382 e. The first-order chi connectivity index (χ1) is 12.1. The number of likely N-dealkylation sites (N-methyl/N-ethyl adjacent to an activating group) is 1. The third kappa shape index (κ3) is 22.7. The molecule has 150 valence electrons. The highest BCUT2D eigenvalue weighted by Crippen LogP contribution is 1.88. The molecule has 1 N–H and O–H groups in total. The molecule has 7 nitrogen and oxygen atoms in total. The van der Waals surface area contributed by atoms with Crippen molar-refractivity contribution in [1.29, 1.82) is 0 Å². The second-order valence-corrected chi connectivity index (χ2v) is 5.28. The summed E-state index contributed by atoms with van der Waals surface area (Å²) in [6.45, 7) is 10.6. The molecule has 0 aromatic carbocycles. The standard InChI is InChI=1S/C16H33N3O4.C2H6/c1-5-16(20)17-6-10-21-12-14-23-15-13-22-11-9-19(4)8-7-18(2)3;1-2/h7-8H,5-6,9-15H2,1-4H3,(H,17,20);1-2H3/b8-7-;. The summed E-state index contributed by atoms with van der Waals surface area (Å²) in [4.78, 5) is 15.0. The smallest absolute Gasteiger partial charge is 0.219 e. The van der Waals surface area contributed by atoms with Crippen molar-refractivity contribution in [2.24, 2.45) is 0 Å². The van der Waals surface area contributed by atoms with Gasteiger partial charge >= 0.3 is 0 Å². The van der Waals surface area contributed by atoms with Crippen molar-refractivity contribution in [3.05, 3.63) is 12.4 Å². The molecule has 0 saturated heterocycles. The molecule has 0 spiro atoms. The maximum atomic E-state index is 11.0. The number of carbonyl (C=O) groups excluding carboxylic acids is 1. The molecule has 0 rings (SSSR count). The number of amides is 1. The number of nitrogens with zero attached hydrogens (tertiary/aromatic N) is 2. The van der Waals surface area contributed by atoms with Crippen LogP contribution in [0.2, 0.25) is 0 Å². The van der Waals surface area contributed by atoms with Crippen LogP contribution >= 0.6 is 0 Å². The fourth-order valence-electron chi connectivity index (χ4n) is 1.46. The van der Waals surface area contributed by atoms with Crippen LogP contribution < -0.4 is 5.32 Å². The maximum Gasteiger partial charge on any atom is 0.219 e. The summed E-state index contributed by atoms with van der Waals surface area (Å²) in [6, 6.07) is 0. The number of hydrogen-bond donors (Lipinski definition) is 1. The molecule has 0 aliphatic heterocycles. The minimum absolute atomic E-state index is 0.0462. The van der Waals surface area contributed by atoms with Crippen LogP contribution in [-0.2, 0) is 19.0 Å². The summed E-state index contributed by atoms with van der Waals surface area (Å²) in [7, 11) is 5.99. The van der Waals surface area contributed by atoms with Crippen molar-refractivity contribution in [1.82, 2.24) is 15.1 Å². The lowest BCUT2D eigenvalue weighted by Crippen LogP contribution is -2.26. The van der Waals surface area contributed by atoms with E-state index in [1.165, 1.54) is 0 Å². The average Bonchev–Trinajstić information content (AvgIpc) is 2.62. The zero-order valence-corrected chi connectivity index (χ0v) is 17.0. The zero-order chi connectivity index (χ0) is 19.3. The van der Waals surface area contributed by atoms with Crippen LogP contribution in [0.25, 0.3) is 0 Å². The summed E-state index contributed by atoms with van der Waals surface area (Å²) in [5.74, 6) is 0.0462. The predicted molar refractivity (Wildman–Crippen MR) is 103 cm³/mol. The fraction of sp³-hybridized carbons (Fsp3) is 0.833. The molecule has 0 fully saturated rings. The monoisotopic (exact) mass is 361 g/mol. The molecule has 0 radical (unpaired) electrons. The van der Waals surface area contributed by atoms with E-state index in [9.17, 15) is 4.79 Å². The van der Waals surface area contributed by atoms with E-state index in [0.717, 1.165) is 6.54 Å². The van der Waals surface area contributed by atoms with Gasteiger partial charge in [0.05, 0.1) is 39.6 Å². The average molecular weight is 362 g/mol. The third-order valence-electron chi connectivity index (χ3n) is 2.84. The molecule has 0 aromatic heterocycles. The Morgan fingerprint density at radius 3 is 1.92 bits per heavy atom. The van der Waals surface area contributed by atoms with Gasteiger partial charge in [0.2, 0.25) is 5.91 Å². The second-order valence-electron chi connectivity index (χ2n) is 5.28. The molecular weight excluding hydrogens is 322 g/mol. The molecule has 25 heavy (non-hydrogen) atoms. The SMILES string of the molecule is CC.CCC(=O)NCCOCCOCCOCCN(C)/C=C\N(C)C. The Hall–Kier alpha value is -1.31. The van der Waals surface area contributed by atoms with Crippen LogP contribution in [0.5, 0.6) is 0 Å². The first-order valence-electron chi connectivity index (χ1n) is 9.11. The topological polar surface area (TPSA) is 63.3 Å². The van der Waals surface area contributed by atoms with Crippen LogP contribution in [0.15, 0.2) is 12.4 Å². The number of ether oxygens (including phenoxy) is 3. The van der Waals surface area contributed by atoms with Gasteiger partial charge in [-0.05, 0) is 0 Å². The van der Waals surface area contributed by atoms with Crippen LogP contribution in [0, 0.1) is 0 Å². The first-order valence-corrected chi connectivity index (χ1v) is 9.11. The van der Waals surface area contributed by atoms with Crippen LogP contribution in [0.3, 0.4) is 0 Å². The summed E-state index contributed by atoms with van der Waals surface area (Å²) in [5.41, 5.74) is 0. The summed E-state index contributed by atoms with van der Waals surface area (Å²) in [5, 5.41) is 2.75. The van der Waals surface area contributed by atoms with Gasteiger partial charge in [0.25, 0.3) is 0 Å². The Bertz CT molecular complexity index is 313. The molecule has 0 bridgehead atoms. The number of rotatable bonds is 15. The van der Waals surface area contributed by atoms with E-state index in [1.807, 2.05) is 59.2 Å². The van der Waals surface area contributed by atoms with Gasteiger partial charge in [0, 0.05) is 53.1 Å². The minimum Gasteiger partial charge on any atom is -0.382 e. The van der Waals surface area contributed by atoms with Crippen molar-refractivity contribution >= 4 is 5.91 Å². The zero-order valence-electron chi connectivity index (χ0n) is 17.0. The van der Waals surface area contributed by atoms with Gasteiger partial charge in [-0.3, -0.25) is 4.79 Å². The summed E-state index contributed by atoms with van der Waals surface area (Å²) < 4.78 is 16.2. The third-order valence-corrected chi connectivity index (χ3v) is 2.84. The van der Waals surface area contributed by atoms with E-state index >= 15 is 0 Å². The number of hydrogen-bond acceptors (Lipinski definition) is 6. The number of carbonyl (C=O) groups is 1. The van der Waals surface area contributed by atoms with Gasteiger partial charge in [-0.2, -0.15) is 0 Å². The van der Waals surface area contributed by atoms with Crippen molar-refractivity contribution in [3.63, 3.8) is 0 Å². The fourth-order valence-corrected chi connectivity index (χ4v) is 1.46. The second kappa shape index (κ2) is 20.7. The predicted octanol–water partition coefficient (Wildman–Crippen LogP) is 1.55.